The molecule has 1 atom stereocenters. The number of aryl methyl sites for hydroxylation is 1. The average Bonchev–Trinajstić information content (AvgIpc) is 3.24. The largest absolute Gasteiger partial charge is 0.465 e. The molecule has 32 heavy (non-hydrogen) atoms. The number of hydrogen-bond donors (Lipinski definition) is 2. The van der Waals surface area contributed by atoms with Crippen molar-refractivity contribution in [3.05, 3.63) is 56.8 Å². The number of hydrogen-bond acceptors (Lipinski definition) is 7. The van der Waals surface area contributed by atoms with Crippen LogP contribution in [-0.2, 0) is 22.4 Å². The molecule has 1 aliphatic rings. The van der Waals surface area contributed by atoms with Crippen LogP contribution in [0, 0.1) is 0 Å². The summed E-state index contributed by atoms with van der Waals surface area (Å²) < 4.78 is 11.5. The number of benzene rings is 1. The minimum Gasteiger partial charge on any atom is -0.465 e. The number of rotatable bonds is 6. The predicted molar refractivity (Wildman–Crippen MR) is 122 cm³/mol. The van der Waals surface area contributed by atoms with E-state index in [2.05, 4.69) is 10.6 Å². The van der Waals surface area contributed by atoms with Gasteiger partial charge in [-0.05, 0) is 59.9 Å². The Kier molecular flexibility index (Phi) is 6.80. The second kappa shape index (κ2) is 9.74. The number of H-pyrrole nitrogens is 1. The number of carbonyl (C=O) groups is 2. The topological polar surface area (TPSA) is 105 Å². The van der Waals surface area contributed by atoms with Crippen LogP contribution < -0.4 is 15.6 Å². The molecule has 2 N–H and O–H groups in total. The molecule has 0 aliphatic heterocycles. The molecule has 2 heterocycles. The molecule has 2 aromatic heterocycles. The Bertz CT molecular complexity index is 1180. The zero-order valence-electron chi connectivity index (χ0n) is 17.8. The van der Waals surface area contributed by atoms with Gasteiger partial charge in [0.05, 0.1) is 17.9 Å². The number of thiophene rings is 1. The minimum absolute atomic E-state index is 0.258. The van der Waals surface area contributed by atoms with E-state index in [1.165, 1.54) is 23.1 Å². The Labute approximate surface area is 192 Å². The van der Waals surface area contributed by atoms with Gasteiger partial charge in [-0.2, -0.15) is 0 Å². The first-order chi connectivity index (χ1) is 15.5. The van der Waals surface area contributed by atoms with Crippen molar-refractivity contribution in [1.29, 1.82) is 0 Å². The third-order valence-electron chi connectivity index (χ3n) is 5.33. The normalized spacial score (nSPS) is 14.3. The number of para-hydroxylation sites is 1. The fourth-order valence-corrected chi connectivity index (χ4v) is 5.86. The van der Waals surface area contributed by atoms with E-state index in [1.807, 2.05) is 30.3 Å². The highest BCUT2D eigenvalue weighted by atomic mass is 32.2. The highest BCUT2D eigenvalue weighted by Gasteiger charge is 2.31. The van der Waals surface area contributed by atoms with Crippen molar-refractivity contribution in [2.45, 2.75) is 49.3 Å². The minimum atomic E-state index is -0.615. The molecule has 3 aromatic rings. The van der Waals surface area contributed by atoms with Crippen LogP contribution in [0.2, 0.25) is 0 Å². The van der Waals surface area contributed by atoms with E-state index in [-0.39, 0.29) is 10.9 Å². The summed E-state index contributed by atoms with van der Waals surface area (Å²) in [6, 6.07) is 9.19. The maximum Gasteiger partial charge on any atom is 0.442 e. The zero-order chi connectivity index (χ0) is 22.7. The summed E-state index contributed by atoms with van der Waals surface area (Å²) in [5.41, 5.74) is 1.60. The lowest BCUT2D eigenvalue weighted by Crippen LogP contribution is -2.37. The lowest BCUT2D eigenvalue weighted by Gasteiger charge is -2.10. The number of thioether (sulfide) groups is 1. The van der Waals surface area contributed by atoms with E-state index < -0.39 is 16.8 Å². The van der Waals surface area contributed by atoms with E-state index in [4.69, 9.17) is 9.26 Å². The van der Waals surface area contributed by atoms with Gasteiger partial charge in [0.25, 0.3) is 0 Å². The number of carbonyl (C=O) groups excluding carboxylic acids is 2. The second-order valence-electron chi connectivity index (χ2n) is 7.47. The van der Waals surface area contributed by atoms with Crippen LogP contribution in [0.3, 0.4) is 0 Å². The van der Waals surface area contributed by atoms with Gasteiger partial charge in [-0.25, -0.2) is 9.59 Å². The van der Waals surface area contributed by atoms with Crippen LogP contribution in [0.5, 0.6) is 0 Å². The summed E-state index contributed by atoms with van der Waals surface area (Å²) in [6.45, 7) is 1.71. The summed E-state index contributed by atoms with van der Waals surface area (Å²) in [5, 5.41) is 5.63. The molecule has 1 aromatic carbocycles. The number of nitrogens with zero attached hydrogens (tertiary/aromatic N) is 1. The van der Waals surface area contributed by atoms with Crippen molar-refractivity contribution in [1.82, 2.24) is 5.27 Å². The smallest absolute Gasteiger partial charge is 0.442 e. The average molecular weight is 475 g/mol. The zero-order valence-corrected chi connectivity index (χ0v) is 19.4. The number of aromatic amines is 1. The SMILES string of the molecule is COC(=O)c1c(NC(=O)C(C)Sc2c(=O)o[nH][n+]2-c2ccccc2)sc2c1CCCCC2. The van der Waals surface area contributed by atoms with Crippen LogP contribution in [0.1, 0.15) is 47.0 Å². The molecule has 0 saturated carbocycles. The van der Waals surface area contributed by atoms with Crippen molar-refractivity contribution in [3.8, 4) is 5.69 Å². The third-order valence-corrected chi connectivity index (χ3v) is 7.67. The van der Waals surface area contributed by atoms with E-state index in [9.17, 15) is 14.4 Å². The Morgan fingerprint density at radius 2 is 1.97 bits per heavy atom. The molecule has 1 amide bonds. The molecular formula is C22H24N3O5S2+. The molecule has 1 aliphatic carbocycles. The van der Waals surface area contributed by atoms with Gasteiger partial charge < -0.3 is 10.1 Å². The highest BCUT2D eigenvalue weighted by molar-refractivity contribution is 8.00. The Balaban J connectivity index is 1.56. The molecule has 0 spiro atoms. The Morgan fingerprint density at radius 1 is 1.22 bits per heavy atom. The monoisotopic (exact) mass is 474 g/mol. The van der Waals surface area contributed by atoms with Crippen molar-refractivity contribution in [2.75, 3.05) is 12.4 Å². The molecular weight excluding hydrogens is 450 g/mol. The number of methoxy groups -OCH3 is 1. The quantitative estimate of drug-likeness (QED) is 0.245. The van der Waals surface area contributed by atoms with Crippen molar-refractivity contribution in [2.24, 2.45) is 0 Å². The van der Waals surface area contributed by atoms with Gasteiger partial charge in [-0.15, -0.1) is 11.3 Å². The van der Waals surface area contributed by atoms with Crippen LogP contribution in [0.4, 0.5) is 5.00 Å². The predicted octanol–water partition coefficient (Wildman–Crippen LogP) is 3.48. The van der Waals surface area contributed by atoms with Gasteiger partial charge in [-0.3, -0.25) is 9.32 Å². The maximum absolute atomic E-state index is 13.0. The Hall–Kier alpha value is -2.85. The van der Waals surface area contributed by atoms with Gasteiger partial charge >= 0.3 is 16.6 Å². The van der Waals surface area contributed by atoms with Gasteiger partial charge in [0, 0.05) is 17.0 Å². The number of anilines is 1. The standard InChI is InChI=1S/C22H23N3O5S2/c1-13(31-20-22(28)30-24-25(20)14-9-5-3-6-10-14)18(26)23-19-17(21(27)29-2)15-11-7-4-8-12-16(15)32-19/h3,5-6,9-10,13H,4,7-8,11-12H2,1-2H3,(H-,23,24,26,27,28)/p+1. The number of ether oxygens (including phenoxy) is 1. The first-order valence-electron chi connectivity index (χ1n) is 10.4. The molecule has 0 fully saturated rings. The van der Waals surface area contributed by atoms with Crippen LogP contribution in [0.25, 0.3) is 5.69 Å². The van der Waals surface area contributed by atoms with E-state index in [1.54, 1.807) is 6.92 Å². The molecule has 1 unspecified atom stereocenters. The van der Waals surface area contributed by atoms with Crippen molar-refractivity contribution in [3.63, 3.8) is 0 Å². The fourth-order valence-electron chi connectivity index (χ4n) is 3.69. The lowest BCUT2D eigenvalue weighted by atomic mass is 10.1. The maximum atomic E-state index is 13.0. The van der Waals surface area contributed by atoms with Gasteiger partial charge in [-0.1, -0.05) is 24.6 Å². The van der Waals surface area contributed by atoms with Crippen molar-refractivity contribution >= 4 is 40.0 Å². The molecule has 10 heteroatoms. The number of amides is 1. The van der Waals surface area contributed by atoms with Crippen LogP contribution in [0.15, 0.2) is 44.7 Å². The Morgan fingerprint density at radius 3 is 2.72 bits per heavy atom. The highest BCUT2D eigenvalue weighted by Crippen LogP contribution is 2.38. The van der Waals surface area contributed by atoms with Crippen LogP contribution in [-0.4, -0.2) is 29.5 Å². The summed E-state index contributed by atoms with van der Waals surface area (Å²) in [6.07, 6.45) is 4.90. The molecule has 168 valence electrons. The molecule has 0 saturated heterocycles. The van der Waals surface area contributed by atoms with E-state index in [0.29, 0.717) is 16.3 Å². The molecule has 0 radical (unpaired) electrons. The number of fused-ring (bicyclic) bond motifs is 1. The number of nitrogens with one attached hydrogen (secondary N) is 2. The van der Waals surface area contributed by atoms with E-state index >= 15 is 0 Å². The van der Waals surface area contributed by atoms with Gasteiger partial charge in [0.1, 0.15) is 5.00 Å². The fraction of sp³-hybridized carbons (Fsp3) is 0.364. The molecule has 8 nitrogen and oxygen atoms in total. The second-order valence-corrected chi connectivity index (χ2v) is 9.90. The molecule has 4 rings (SSSR count). The van der Waals surface area contributed by atoms with Gasteiger partial charge in [0.15, 0.2) is 0 Å². The van der Waals surface area contributed by atoms with E-state index in [0.717, 1.165) is 54.3 Å². The number of aromatic nitrogens is 2. The third kappa shape index (κ3) is 4.51. The summed E-state index contributed by atoms with van der Waals surface area (Å²) in [7, 11) is 1.35. The lowest BCUT2D eigenvalue weighted by molar-refractivity contribution is -0.704. The van der Waals surface area contributed by atoms with Crippen molar-refractivity contribution < 1.29 is 23.5 Å². The first-order valence-corrected chi connectivity index (χ1v) is 12.1. The first kappa shape index (κ1) is 22.3. The van der Waals surface area contributed by atoms with Gasteiger partial charge in [0.2, 0.25) is 11.6 Å². The van der Waals surface area contributed by atoms with Crippen LogP contribution >= 0.6 is 23.1 Å². The summed E-state index contributed by atoms with van der Waals surface area (Å²) in [5.74, 6) is -0.745. The molecule has 0 bridgehead atoms. The summed E-state index contributed by atoms with van der Waals surface area (Å²) in [4.78, 5) is 38.9. The number of esters is 1. The summed E-state index contributed by atoms with van der Waals surface area (Å²) >= 11 is 2.53.